The first-order valence-electron chi connectivity index (χ1n) is 5.43. The summed E-state index contributed by atoms with van der Waals surface area (Å²) in [5.74, 6) is 0.469. The zero-order chi connectivity index (χ0) is 12.4. The molecule has 2 nitrogen and oxygen atoms in total. The third-order valence-electron chi connectivity index (χ3n) is 2.68. The molecule has 17 heavy (non-hydrogen) atoms. The number of aryl methyl sites for hydroxylation is 2. The Morgan fingerprint density at radius 1 is 1.35 bits per heavy atom. The van der Waals surface area contributed by atoms with Crippen molar-refractivity contribution in [3.05, 3.63) is 40.4 Å². The molecule has 4 heteroatoms. The van der Waals surface area contributed by atoms with Gasteiger partial charge in [-0.2, -0.15) is 0 Å². The van der Waals surface area contributed by atoms with Crippen LogP contribution in [0.1, 0.15) is 16.8 Å². The molecule has 0 aliphatic heterocycles. The third kappa shape index (κ3) is 2.61. The minimum absolute atomic E-state index is 0.469. The summed E-state index contributed by atoms with van der Waals surface area (Å²) in [4.78, 5) is 6.59. The van der Waals surface area contributed by atoms with Crippen molar-refractivity contribution >= 4 is 33.8 Å². The van der Waals surface area contributed by atoms with Gasteiger partial charge in [0.2, 0.25) is 0 Å². The predicted molar refractivity (Wildman–Crippen MR) is 75.7 cm³/mol. The van der Waals surface area contributed by atoms with Gasteiger partial charge in [0.1, 0.15) is 0 Å². The van der Waals surface area contributed by atoms with E-state index in [4.69, 9.17) is 11.6 Å². The number of thiazole rings is 1. The van der Waals surface area contributed by atoms with E-state index in [0.29, 0.717) is 5.88 Å². The lowest BCUT2D eigenvalue weighted by Crippen LogP contribution is -2.10. The summed E-state index contributed by atoms with van der Waals surface area (Å²) in [7, 11) is 2.04. The molecule has 0 unspecified atom stereocenters. The smallest absolute Gasteiger partial charge is 0.189 e. The van der Waals surface area contributed by atoms with Crippen molar-refractivity contribution in [3.63, 3.8) is 0 Å². The standard InChI is InChI=1S/C13H15ClN2S/c1-9-4-5-12(10(2)6-9)16(3)13-15-11(7-14)8-17-13/h4-6,8H,7H2,1-3H3. The fourth-order valence-corrected chi connectivity index (χ4v) is 2.83. The summed E-state index contributed by atoms with van der Waals surface area (Å²) >= 11 is 7.39. The molecule has 0 saturated heterocycles. The van der Waals surface area contributed by atoms with Crippen LogP contribution < -0.4 is 4.90 Å². The molecular weight excluding hydrogens is 252 g/mol. The number of nitrogens with zero attached hydrogens (tertiary/aromatic N) is 2. The Morgan fingerprint density at radius 3 is 2.71 bits per heavy atom. The van der Waals surface area contributed by atoms with Crippen LogP contribution in [0.15, 0.2) is 23.6 Å². The van der Waals surface area contributed by atoms with Gasteiger partial charge in [-0.15, -0.1) is 22.9 Å². The second kappa shape index (κ2) is 5.07. The first-order valence-corrected chi connectivity index (χ1v) is 6.84. The molecule has 0 saturated carbocycles. The lowest BCUT2D eigenvalue weighted by molar-refractivity contribution is 1.12. The summed E-state index contributed by atoms with van der Waals surface area (Å²) in [6.07, 6.45) is 0. The van der Waals surface area contributed by atoms with E-state index in [1.54, 1.807) is 11.3 Å². The van der Waals surface area contributed by atoms with Crippen molar-refractivity contribution in [2.75, 3.05) is 11.9 Å². The molecule has 90 valence electrons. The summed E-state index contributed by atoms with van der Waals surface area (Å²) in [5, 5.41) is 2.98. The molecule has 0 aliphatic carbocycles. The summed E-state index contributed by atoms with van der Waals surface area (Å²) in [5.41, 5.74) is 4.66. The molecule has 2 rings (SSSR count). The van der Waals surface area contributed by atoms with E-state index in [1.165, 1.54) is 16.8 Å². The SMILES string of the molecule is Cc1ccc(N(C)c2nc(CCl)cs2)c(C)c1. The van der Waals surface area contributed by atoms with Crippen molar-refractivity contribution in [1.82, 2.24) is 4.98 Å². The maximum absolute atomic E-state index is 5.77. The Labute approximate surface area is 111 Å². The molecular formula is C13H15ClN2S. The van der Waals surface area contributed by atoms with E-state index in [-0.39, 0.29) is 0 Å². The van der Waals surface area contributed by atoms with Crippen LogP contribution in [0, 0.1) is 13.8 Å². The number of benzene rings is 1. The van der Waals surface area contributed by atoms with Crippen molar-refractivity contribution in [3.8, 4) is 0 Å². The Morgan fingerprint density at radius 2 is 2.12 bits per heavy atom. The quantitative estimate of drug-likeness (QED) is 0.772. The van der Waals surface area contributed by atoms with Crippen LogP contribution in [0.2, 0.25) is 0 Å². The molecule has 0 amide bonds. The van der Waals surface area contributed by atoms with Crippen LogP contribution in [-0.2, 0) is 5.88 Å². The van der Waals surface area contributed by atoms with Crippen LogP contribution in [0.25, 0.3) is 0 Å². The van der Waals surface area contributed by atoms with Crippen LogP contribution >= 0.6 is 22.9 Å². The molecule has 1 heterocycles. The zero-order valence-electron chi connectivity index (χ0n) is 10.2. The molecule has 0 spiro atoms. The molecule has 1 aromatic heterocycles. The van der Waals surface area contributed by atoms with Crippen molar-refractivity contribution in [2.45, 2.75) is 19.7 Å². The largest absolute Gasteiger partial charge is 0.321 e. The van der Waals surface area contributed by atoms with E-state index in [0.717, 1.165) is 10.8 Å². The van der Waals surface area contributed by atoms with E-state index in [9.17, 15) is 0 Å². The molecule has 0 radical (unpaired) electrons. The average Bonchev–Trinajstić information content (AvgIpc) is 2.76. The summed E-state index contributed by atoms with van der Waals surface area (Å²) in [6, 6.07) is 6.43. The Kier molecular flexibility index (Phi) is 3.69. The lowest BCUT2D eigenvalue weighted by Gasteiger charge is -2.18. The number of hydrogen-bond donors (Lipinski definition) is 0. The van der Waals surface area contributed by atoms with Gasteiger partial charge in [0.25, 0.3) is 0 Å². The average molecular weight is 267 g/mol. The van der Waals surface area contributed by atoms with Gasteiger partial charge in [-0.25, -0.2) is 4.98 Å². The van der Waals surface area contributed by atoms with Crippen molar-refractivity contribution < 1.29 is 0 Å². The fourth-order valence-electron chi connectivity index (χ4n) is 1.80. The second-order valence-electron chi connectivity index (χ2n) is 4.10. The zero-order valence-corrected chi connectivity index (χ0v) is 11.8. The van der Waals surface area contributed by atoms with Crippen LogP contribution in [0.3, 0.4) is 0 Å². The Hall–Kier alpha value is -1.06. The summed E-state index contributed by atoms with van der Waals surface area (Å²) in [6.45, 7) is 4.22. The van der Waals surface area contributed by atoms with Gasteiger partial charge in [-0.05, 0) is 25.5 Å². The number of aromatic nitrogens is 1. The van der Waals surface area contributed by atoms with Gasteiger partial charge in [-0.1, -0.05) is 17.7 Å². The van der Waals surface area contributed by atoms with Gasteiger partial charge < -0.3 is 4.90 Å². The fraction of sp³-hybridized carbons (Fsp3) is 0.308. The minimum atomic E-state index is 0.469. The second-order valence-corrected chi connectivity index (χ2v) is 5.21. The first-order chi connectivity index (χ1) is 8.11. The first kappa shape index (κ1) is 12.4. The van der Waals surface area contributed by atoms with Crippen LogP contribution in [0.4, 0.5) is 10.8 Å². The lowest BCUT2D eigenvalue weighted by atomic mass is 10.1. The number of hydrogen-bond acceptors (Lipinski definition) is 3. The van der Waals surface area contributed by atoms with Gasteiger partial charge in [0.15, 0.2) is 5.13 Å². The summed E-state index contributed by atoms with van der Waals surface area (Å²) < 4.78 is 0. The number of alkyl halides is 1. The van der Waals surface area contributed by atoms with Crippen molar-refractivity contribution in [1.29, 1.82) is 0 Å². The highest BCUT2D eigenvalue weighted by Gasteiger charge is 2.10. The molecule has 0 bridgehead atoms. The highest BCUT2D eigenvalue weighted by molar-refractivity contribution is 7.13. The van der Waals surface area contributed by atoms with Gasteiger partial charge >= 0.3 is 0 Å². The highest BCUT2D eigenvalue weighted by atomic mass is 35.5. The number of rotatable bonds is 3. The molecule has 0 N–H and O–H groups in total. The van der Waals surface area contributed by atoms with E-state index in [2.05, 4.69) is 41.9 Å². The maximum Gasteiger partial charge on any atom is 0.189 e. The van der Waals surface area contributed by atoms with E-state index in [1.807, 2.05) is 12.4 Å². The van der Waals surface area contributed by atoms with Gasteiger partial charge in [-0.3, -0.25) is 0 Å². The Balaban J connectivity index is 2.33. The van der Waals surface area contributed by atoms with Crippen LogP contribution in [0.5, 0.6) is 0 Å². The molecule has 0 fully saturated rings. The van der Waals surface area contributed by atoms with E-state index < -0.39 is 0 Å². The van der Waals surface area contributed by atoms with Crippen LogP contribution in [-0.4, -0.2) is 12.0 Å². The monoisotopic (exact) mass is 266 g/mol. The molecule has 2 aromatic rings. The maximum atomic E-state index is 5.77. The van der Waals surface area contributed by atoms with Gasteiger partial charge in [0.05, 0.1) is 11.6 Å². The topological polar surface area (TPSA) is 16.1 Å². The molecule has 1 aromatic carbocycles. The van der Waals surface area contributed by atoms with Crippen molar-refractivity contribution in [2.24, 2.45) is 0 Å². The van der Waals surface area contributed by atoms with Gasteiger partial charge in [0, 0.05) is 18.1 Å². The number of halogens is 1. The highest BCUT2D eigenvalue weighted by Crippen LogP contribution is 2.30. The predicted octanol–water partition coefficient (Wildman–Crippen LogP) is 4.27. The normalized spacial score (nSPS) is 10.6. The Bertz CT molecular complexity index is 522. The third-order valence-corrected chi connectivity index (χ3v) is 3.92. The minimum Gasteiger partial charge on any atom is -0.321 e. The molecule has 0 atom stereocenters. The van der Waals surface area contributed by atoms with E-state index >= 15 is 0 Å². The number of anilines is 2. The molecule has 0 aliphatic rings.